The monoisotopic (exact) mass is 299 g/mol. The molecular weight excluding hydrogens is 284 g/mol. The third-order valence-corrected chi connectivity index (χ3v) is 3.42. The van der Waals surface area contributed by atoms with Crippen molar-refractivity contribution in [1.29, 1.82) is 0 Å². The number of phenols is 1. The zero-order valence-electron chi connectivity index (χ0n) is 11.9. The Balaban J connectivity index is 1.83. The van der Waals surface area contributed by atoms with E-state index in [2.05, 4.69) is 4.98 Å². The molecule has 0 aliphatic carbocycles. The second-order valence-electron chi connectivity index (χ2n) is 4.91. The van der Waals surface area contributed by atoms with Gasteiger partial charge in [0.1, 0.15) is 29.5 Å². The van der Waals surface area contributed by atoms with Gasteiger partial charge in [-0.25, -0.2) is 4.98 Å². The summed E-state index contributed by atoms with van der Waals surface area (Å²) in [6.45, 7) is 0.224. The van der Waals surface area contributed by atoms with Gasteiger partial charge in [-0.2, -0.15) is 0 Å². The summed E-state index contributed by atoms with van der Waals surface area (Å²) in [5.41, 5.74) is 1.87. The molecule has 0 radical (unpaired) electrons. The molecule has 0 bridgehead atoms. The van der Waals surface area contributed by atoms with Crippen molar-refractivity contribution in [3.63, 3.8) is 0 Å². The molecule has 0 aliphatic rings. The van der Waals surface area contributed by atoms with Crippen LogP contribution in [0.3, 0.4) is 0 Å². The number of phenolic OH excluding ortho intramolecular Hbond substituents is 1. The second-order valence-corrected chi connectivity index (χ2v) is 4.91. The highest BCUT2D eigenvalue weighted by Crippen LogP contribution is 2.21. The number of aryl methyl sites for hydroxylation is 1. The predicted octanol–water partition coefficient (Wildman–Crippen LogP) is 1.72. The van der Waals surface area contributed by atoms with Gasteiger partial charge < -0.3 is 19.5 Å². The van der Waals surface area contributed by atoms with E-state index in [1.807, 2.05) is 11.6 Å². The molecule has 6 heteroatoms. The summed E-state index contributed by atoms with van der Waals surface area (Å²) in [5.74, 6) is 0.643. The van der Waals surface area contributed by atoms with E-state index >= 15 is 0 Å². The topological polar surface area (TPSA) is 87.2 Å². The zero-order chi connectivity index (χ0) is 15.7. The minimum atomic E-state index is -0.747. The number of aromatic hydroxyl groups is 1. The van der Waals surface area contributed by atoms with Gasteiger partial charge in [0.05, 0.1) is 11.0 Å². The zero-order valence-corrected chi connectivity index (χ0v) is 11.9. The van der Waals surface area contributed by atoms with Crippen LogP contribution in [0.5, 0.6) is 11.5 Å². The lowest BCUT2D eigenvalue weighted by Gasteiger charge is -2.06. The van der Waals surface area contributed by atoms with E-state index in [1.165, 1.54) is 6.07 Å². The van der Waals surface area contributed by atoms with Crippen LogP contribution < -0.4 is 4.74 Å². The van der Waals surface area contributed by atoms with Gasteiger partial charge in [-0.05, 0) is 24.3 Å². The number of hydrogen-bond donors (Lipinski definition) is 1. The van der Waals surface area contributed by atoms with E-state index in [4.69, 9.17) is 9.84 Å². The number of rotatable bonds is 4. The number of aromatic nitrogens is 2. The Bertz CT molecular complexity index is 854. The van der Waals surface area contributed by atoms with Crippen molar-refractivity contribution < 1.29 is 19.7 Å². The molecule has 3 rings (SSSR count). The minimum Gasteiger partial charge on any atom is -0.561 e. The van der Waals surface area contributed by atoms with Crippen LogP contribution in [0.4, 0.5) is 0 Å². The van der Waals surface area contributed by atoms with Crippen LogP contribution in [0.25, 0.3) is 11.0 Å². The quantitative estimate of drug-likeness (QED) is 0.743. The van der Waals surface area contributed by atoms with Gasteiger partial charge in [-0.3, -0.25) is 0 Å². The molecule has 0 atom stereocenters. The molecule has 6 nitrogen and oxygen atoms in total. The van der Waals surface area contributed by atoms with Crippen LogP contribution in [-0.2, 0) is 13.7 Å². The Morgan fingerprint density at radius 3 is 2.91 bits per heavy atom. The van der Waals surface area contributed by atoms with Crippen LogP contribution in [0, 0.1) is 0 Å². The molecule has 22 heavy (non-hydrogen) atoms. The number of nitrogens with zero attached hydrogens (tertiary/aromatic N) is 2. The Labute approximate surface area is 126 Å². The fourth-order valence-corrected chi connectivity index (χ4v) is 2.23. The summed E-state index contributed by atoms with van der Waals surface area (Å²) < 4.78 is 7.48. The van der Waals surface area contributed by atoms with Gasteiger partial charge in [0.15, 0.2) is 0 Å². The molecule has 1 heterocycles. The molecule has 0 saturated carbocycles. The SMILES string of the molecule is Cn1c(COc2cccc(C(=O)[OH2+])c2)nc2ccc(O)cc21. The second kappa shape index (κ2) is 5.40. The van der Waals surface area contributed by atoms with Crippen LogP contribution >= 0.6 is 0 Å². The van der Waals surface area contributed by atoms with Crippen molar-refractivity contribution in [2.45, 2.75) is 6.61 Å². The number of carbonyl (C=O) groups excluding carboxylic acids is 1. The molecule has 3 N–H and O–H groups in total. The smallest absolute Gasteiger partial charge is 0.549 e. The average molecular weight is 299 g/mol. The minimum absolute atomic E-state index is 0.185. The molecule has 0 saturated heterocycles. The first-order chi connectivity index (χ1) is 10.5. The summed E-state index contributed by atoms with van der Waals surface area (Å²) in [4.78, 5) is 15.5. The Kier molecular flexibility index (Phi) is 3.42. The molecule has 0 amide bonds. The summed E-state index contributed by atoms with van der Waals surface area (Å²) in [7, 11) is 1.84. The maximum atomic E-state index is 11.0. The van der Waals surface area contributed by atoms with E-state index in [1.54, 1.807) is 36.4 Å². The van der Waals surface area contributed by atoms with E-state index < -0.39 is 5.97 Å². The Morgan fingerprint density at radius 1 is 1.32 bits per heavy atom. The number of imidazole rings is 1. The van der Waals surface area contributed by atoms with Crippen molar-refractivity contribution in [1.82, 2.24) is 9.55 Å². The lowest BCUT2D eigenvalue weighted by Crippen LogP contribution is -2.04. The lowest BCUT2D eigenvalue weighted by atomic mass is 10.2. The standard InChI is InChI=1S/C16H14N2O4/c1-18-14-8-11(19)5-6-13(14)17-15(18)9-22-12-4-2-3-10(7-12)16(20)21/h2-8,19H,9H2,1H3,(H,20,21)/p+1. The molecule has 3 aromatic rings. The van der Waals surface area contributed by atoms with Gasteiger partial charge in [0.2, 0.25) is 0 Å². The first-order valence-corrected chi connectivity index (χ1v) is 6.68. The van der Waals surface area contributed by atoms with E-state index in [0.29, 0.717) is 11.6 Å². The summed E-state index contributed by atoms with van der Waals surface area (Å²) in [5, 5.41) is 16.6. The third kappa shape index (κ3) is 2.58. The number of benzene rings is 2. The van der Waals surface area contributed by atoms with E-state index in [-0.39, 0.29) is 17.9 Å². The fourth-order valence-electron chi connectivity index (χ4n) is 2.23. The number of carbonyl (C=O) groups is 1. The largest absolute Gasteiger partial charge is 0.561 e. The first kappa shape index (κ1) is 13.9. The van der Waals surface area contributed by atoms with E-state index in [0.717, 1.165) is 11.0 Å². The van der Waals surface area contributed by atoms with Gasteiger partial charge in [0, 0.05) is 24.0 Å². The molecule has 112 valence electrons. The Morgan fingerprint density at radius 2 is 2.14 bits per heavy atom. The van der Waals surface area contributed by atoms with Gasteiger partial charge in [0.25, 0.3) is 0 Å². The molecule has 0 unspecified atom stereocenters. The van der Waals surface area contributed by atoms with E-state index in [9.17, 15) is 9.90 Å². The number of hydrogen-bond acceptors (Lipinski definition) is 4. The molecule has 0 spiro atoms. The van der Waals surface area contributed by atoms with Gasteiger partial charge in [-0.15, -0.1) is 0 Å². The first-order valence-electron chi connectivity index (χ1n) is 6.68. The normalized spacial score (nSPS) is 10.8. The molecule has 2 aromatic carbocycles. The van der Waals surface area contributed by atoms with Crippen LogP contribution in [0.2, 0.25) is 0 Å². The number of ether oxygens (including phenoxy) is 1. The Hall–Kier alpha value is -3.02. The fraction of sp³-hybridized carbons (Fsp3) is 0.125. The molecule has 0 aliphatic heterocycles. The van der Waals surface area contributed by atoms with Crippen LogP contribution in [-0.4, -0.2) is 25.7 Å². The molecule has 1 aromatic heterocycles. The van der Waals surface area contributed by atoms with Crippen molar-refractivity contribution in [2.75, 3.05) is 0 Å². The molecular formula is C16H15N2O4+. The van der Waals surface area contributed by atoms with Crippen molar-refractivity contribution >= 4 is 17.0 Å². The molecule has 0 fully saturated rings. The average Bonchev–Trinajstić information content (AvgIpc) is 2.82. The maximum Gasteiger partial charge on any atom is 0.549 e. The van der Waals surface area contributed by atoms with Crippen molar-refractivity contribution in [3.8, 4) is 11.5 Å². The van der Waals surface area contributed by atoms with Crippen molar-refractivity contribution in [2.24, 2.45) is 7.05 Å². The highest BCUT2D eigenvalue weighted by atomic mass is 16.5. The maximum absolute atomic E-state index is 11.0. The lowest BCUT2D eigenvalue weighted by molar-refractivity contribution is 0.0696. The predicted molar refractivity (Wildman–Crippen MR) is 81.1 cm³/mol. The van der Waals surface area contributed by atoms with Crippen molar-refractivity contribution in [3.05, 3.63) is 53.9 Å². The summed E-state index contributed by atoms with van der Waals surface area (Å²) in [6, 6.07) is 11.5. The van der Waals surface area contributed by atoms with Crippen LogP contribution in [0.15, 0.2) is 42.5 Å². The van der Waals surface area contributed by atoms with Gasteiger partial charge >= 0.3 is 5.97 Å². The van der Waals surface area contributed by atoms with Gasteiger partial charge in [-0.1, -0.05) is 6.07 Å². The third-order valence-electron chi connectivity index (χ3n) is 3.42. The highest BCUT2D eigenvalue weighted by Gasteiger charge is 2.13. The summed E-state index contributed by atoms with van der Waals surface area (Å²) >= 11 is 0. The summed E-state index contributed by atoms with van der Waals surface area (Å²) in [6.07, 6.45) is 0. The van der Waals surface area contributed by atoms with Crippen LogP contribution in [0.1, 0.15) is 16.2 Å². The highest BCUT2D eigenvalue weighted by molar-refractivity contribution is 5.88. The number of fused-ring (bicyclic) bond motifs is 1.